The molecule has 1 amide bonds. The summed E-state index contributed by atoms with van der Waals surface area (Å²) >= 11 is 1.63. The fourth-order valence-corrected chi connectivity index (χ4v) is 7.88. The molecule has 1 aliphatic carbocycles. The average molecular weight is 569 g/mol. The number of carbonyl (C=O) groups is 1. The zero-order valence-corrected chi connectivity index (χ0v) is 24.8. The minimum atomic E-state index is -0.0934. The third-order valence-electron chi connectivity index (χ3n) is 8.87. The van der Waals surface area contributed by atoms with Crippen LogP contribution in [-0.4, -0.2) is 45.1 Å². The number of rotatable bonds is 5. The minimum absolute atomic E-state index is 0.0821. The normalized spacial score (nSPS) is 16.9. The van der Waals surface area contributed by atoms with Gasteiger partial charge >= 0.3 is 0 Å². The van der Waals surface area contributed by atoms with E-state index in [4.69, 9.17) is 4.98 Å². The molecular weight excluding hydrogens is 532 g/mol. The standard InChI is InChI=1S/C32H36N6O2S/c1-4-22-23(9-7-11-27(22)38-15-14-37-26-10-6-5-8-20(26)17-28(37)31(38)40)21-16-25(30(39)36(3)18-21)34-32-33-24-12-13-35(2)19-29(24)41-32/h7,9,11,16-18H,4-6,8,10,12-15,19H2,1-3H3,(H,33,34). The van der Waals surface area contributed by atoms with Crippen LogP contribution in [0.25, 0.3) is 11.1 Å². The topological polar surface area (TPSA) is 75.4 Å². The third-order valence-corrected chi connectivity index (χ3v) is 9.87. The van der Waals surface area contributed by atoms with Crippen LogP contribution in [0.15, 0.2) is 41.3 Å². The second kappa shape index (κ2) is 10.3. The van der Waals surface area contributed by atoms with Crippen molar-refractivity contribution in [2.45, 2.75) is 58.5 Å². The summed E-state index contributed by atoms with van der Waals surface area (Å²) in [7, 11) is 3.91. The van der Waals surface area contributed by atoms with Crippen LogP contribution in [0.5, 0.6) is 0 Å². The summed E-state index contributed by atoms with van der Waals surface area (Å²) in [6.07, 6.45) is 8.14. The van der Waals surface area contributed by atoms with Crippen LogP contribution in [-0.2, 0) is 45.8 Å². The molecule has 1 N–H and O–H groups in total. The number of thiazole rings is 1. The molecule has 3 aliphatic rings. The molecule has 212 valence electrons. The molecule has 0 saturated carbocycles. The van der Waals surface area contributed by atoms with Gasteiger partial charge in [0.1, 0.15) is 11.4 Å². The summed E-state index contributed by atoms with van der Waals surface area (Å²) in [6.45, 7) is 5.51. The highest BCUT2D eigenvalue weighted by Gasteiger charge is 2.31. The summed E-state index contributed by atoms with van der Waals surface area (Å²) in [5.74, 6) is 0.0821. The highest BCUT2D eigenvalue weighted by atomic mass is 32.1. The minimum Gasteiger partial charge on any atom is -0.339 e. The van der Waals surface area contributed by atoms with Crippen molar-refractivity contribution in [2.24, 2.45) is 7.05 Å². The first-order chi connectivity index (χ1) is 19.9. The number of aromatic nitrogens is 3. The second-order valence-corrected chi connectivity index (χ2v) is 12.6. The van der Waals surface area contributed by atoms with Crippen LogP contribution < -0.4 is 15.8 Å². The zero-order chi connectivity index (χ0) is 28.2. The van der Waals surface area contributed by atoms with Crippen molar-refractivity contribution in [3.63, 3.8) is 0 Å². The Labute approximate surface area is 244 Å². The van der Waals surface area contributed by atoms with Crippen molar-refractivity contribution in [1.29, 1.82) is 0 Å². The van der Waals surface area contributed by atoms with Crippen molar-refractivity contribution < 1.29 is 4.79 Å². The molecule has 9 heteroatoms. The van der Waals surface area contributed by atoms with E-state index in [2.05, 4.69) is 47.0 Å². The van der Waals surface area contributed by atoms with Gasteiger partial charge in [0.25, 0.3) is 11.5 Å². The molecule has 0 saturated heterocycles. The second-order valence-electron chi connectivity index (χ2n) is 11.5. The van der Waals surface area contributed by atoms with Crippen molar-refractivity contribution in [3.8, 4) is 11.1 Å². The third kappa shape index (κ3) is 4.51. The Kier molecular flexibility index (Phi) is 6.59. The van der Waals surface area contributed by atoms with Crippen LogP contribution in [0.3, 0.4) is 0 Å². The molecule has 1 aromatic carbocycles. The molecule has 0 spiro atoms. The fourth-order valence-electron chi connectivity index (χ4n) is 6.78. The molecule has 0 bridgehead atoms. The van der Waals surface area contributed by atoms with E-state index in [1.807, 2.05) is 23.2 Å². The number of likely N-dealkylation sites (N-methyl/N-ethyl adjacent to an activating group) is 1. The van der Waals surface area contributed by atoms with E-state index in [-0.39, 0.29) is 11.5 Å². The monoisotopic (exact) mass is 568 g/mol. The van der Waals surface area contributed by atoms with Gasteiger partial charge in [0.05, 0.1) is 5.69 Å². The molecular formula is C32H36N6O2S. The number of hydrogen-bond donors (Lipinski definition) is 1. The highest BCUT2D eigenvalue weighted by Crippen LogP contribution is 2.36. The Bertz CT molecular complexity index is 1730. The lowest BCUT2D eigenvalue weighted by Crippen LogP contribution is -2.41. The summed E-state index contributed by atoms with van der Waals surface area (Å²) in [5.41, 5.74) is 9.13. The molecule has 0 radical (unpaired) electrons. The first kappa shape index (κ1) is 26.2. The molecule has 0 atom stereocenters. The van der Waals surface area contributed by atoms with E-state index in [1.54, 1.807) is 23.0 Å². The van der Waals surface area contributed by atoms with E-state index in [0.717, 1.165) is 84.2 Å². The lowest BCUT2D eigenvalue weighted by molar-refractivity contribution is 0.0964. The van der Waals surface area contributed by atoms with Crippen LogP contribution in [0.4, 0.5) is 16.5 Å². The number of nitrogens with zero attached hydrogens (tertiary/aromatic N) is 5. The highest BCUT2D eigenvalue weighted by molar-refractivity contribution is 7.15. The number of anilines is 3. The number of carbonyl (C=O) groups excluding carboxylic acids is 1. The van der Waals surface area contributed by atoms with Gasteiger partial charge in [-0.05, 0) is 74.0 Å². The number of aryl methyl sites for hydroxylation is 2. The Hall–Kier alpha value is -3.69. The van der Waals surface area contributed by atoms with E-state index >= 15 is 0 Å². The smallest absolute Gasteiger partial charge is 0.274 e. The van der Waals surface area contributed by atoms with Gasteiger partial charge in [-0.15, -0.1) is 11.3 Å². The fraction of sp³-hybridized carbons (Fsp3) is 0.406. The maximum absolute atomic E-state index is 13.9. The quantitative estimate of drug-likeness (QED) is 0.361. The van der Waals surface area contributed by atoms with Crippen molar-refractivity contribution in [1.82, 2.24) is 19.0 Å². The zero-order valence-electron chi connectivity index (χ0n) is 24.0. The Morgan fingerprint density at radius 3 is 2.73 bits per heavy atom. The maximum Gasteiger partial charge on any atom is 0.274 e. The largest absolute Gasteiger partial charge is 0.339 e. The summed E-state index contributed by atoms with van der Waals surface area (Å²) in [5, 5.41) is 4.10. The number of hydrogen-bond acceptors (Lipinski definition) is 6. The average Bonchev–Trinajstić information content (AvgIpc) is 3.56. The lowest BCUT2D eigenvalue weighted by Gasteiger charge is -2.32. The summed E-state index contributed by atoms with van der Waals surface area (Å²) in [6, 6.07) is 10.3. The van der Waals surface area contributed by atoms with Gasteiger partial charge < -0.3 is 24.3 Å². The van der Waals surface area contributed by atoms with Gasteiger partial charge in [-0.1, -0.05) is 19.1 Å². The molecule has 0 unspecified atom stereocenters. The Balaban J connectivity index is 1.24. The predicted octanol–water partition coefficient (Wildman–Crippen LogP) is 5.14. The van der Waals surface area contributed by atoms with Gasteiger partial charge in [-0.3, -0.25) is 9.59 Å². The van der Waals surface area contributed by atoms with Gasteiger partial charge in [0.15, 0.2) is 5.13 Å². The van der Waals surface area contributed by atoms with Crippen LogP contribution in [0, 0.1) is 0 Å². The van der Waals surface area contributed by atoms with Crippen molar-refractivity contribution >= 4 is 33.8 Å². The molecule has 4 aromatic rings. The van der Waals surface area contributed by atoms with Gasteiger partial charge in [0, 0.05) is 67.7 Å². The van der Waals surface area contributed by atoms with E-state index in [9.17, 15) is 9.59 Å². The van der Waals surface area contributed by atoms with Gasteiger partial charge in [-0.2, -0.15) is 0 Å². The number of nitrogens with one attached hydrogen (secondary N) is 1. The van der Waals surface area contributed by atoms with Crippen LogP contribution in [0.2, 0.25) is 0 Å². The van der Waals surface area contributed by atoms with E-state index in [1.165, 1.54) is 29.0 Å². The van der Waals surface area contributed by atoms with E-state index < -0.39 is 0 Å². The number of pyridine rings is 1. The van der Waals surface area contributed by atoms with Crippen molar-refractivity contribution in [3.05, 3.63) is 80.0 Å². The molecule has 3 aromatic heterocycles. The Morgan fingerprint density at radius 2 is 1.88 bits per heavy atom. The predicted molar refractivity (Wildman–Crippen MR) is 165 cm³/mol. The lowest BCUT2D eigenvalue weighted by atomic mass is 9.96. The number of benzene rings is 1. The summed E-state index contributed by atoms with van der Waals surface area (Å²) in [4.78, 5) is 37.3. The Morgan fingerprint density at radius 1 is 1.02 bits per heavy atom. The van der Waals surface area contributed by atoms with Gasteiger partial charge in [-0.25, -0.2) is 4.98 Å². The van der Waals surface area contributed by atoms with Crippen LogP contribution >= 0.6 is 11.3 Å². The van der Waals surface area contributed by atoms with Crippen LogP contribution in [0.1, 0.15) is 57.6 Å². The SMILES string of the molecule is CCc1c(-c2cc(Nc3nc4c(s3)CN(C)CC4)c(=O)n(C)c2)cccc1N1CCn2c(cc3c2CCCC3)C1=O. The maximum atomic E-state index is 13.9. The van der Waals surface area contributed by atoms with E-state index in [0.29, 0.717) is 12.2 Å². The van der Waals surface area contributed by atoms with Gasteiger partial charge in [0.2, 0.25) is 0 Å². The summed E-state index contributed by atoms with van der Waals surface area (Å²) < 4.78 is 3.90. The first-order valence-electron chi connectivity index (χ1n) is 14.7. The number of fused-ring (bicyclic) bond motifs is 4. The molecule has 41 heavy (non-hydrogen) atoms. The molecule has 7 rings (SSSR count). The van der Waals surface area contributed by atoms with Crippen molar-refractivity contribution in [2.75, 3.05) is 30.4 Å². The molecule has 8 nitrogen and oxygen atoms in total. The number of amides is 1. The molecule has 5 heterocycles. The molecule has 0 fully saturated rings. The first-order valence-corrected chi connectivity index (χ1v) is 15.5. The molecule has 2 aliphatic heterocycles.